The van der Waals surface area contributed by atoms with Gasteiger partial charge in [0.1, 0.15) is 5.58 Å². The van der Waals surface area contributed by atoms with E-state index in [1.807, 2.05) is 38.2 Å². The minimum Gasteiger partial charge on any atom is -0.475 e. The van der Waals surface area contributed by atoms with Crippen LogP contribution < -0.4 is 0 Å². The number of aryl methyl sites for hydroxylation is 2. The molecule has 0 fully saturated rings. The van der Waals surface area contributed by atoms with Crippen LogP contribution in [0.15, 0.2) is 39.8 Å². The second-order valence-electron chi connectivity index (χ2n) is 4.75. The zero-order valence-electron chi connectivity index (χ0n) is 11.7. The van der Waals surface area contributed by atoms with Crippen LogP contribution in [-0.4, -0.2) is 20.9 Å². The van der Waals surface area contributed by atoms with Crippen LogP contribution in [-0.2, 0) is 12.8 Å². The lowest BCUT2D eigenvalue weighted by Crippen LogP contribution is -1.98. The number of para-hydroxylation sites is 1. The van der Waals surface area contributed by atoms with E-state index in [4.69, 9.17) is 4.42 Å². The maximum atomic E-state index is 11.4. The number of thioether (sulfide) groups is 1. The number of nitrogens with zero attached hydrogens (tertiary/aromatic N) is 2. The van der Waals surface area contributed by atoms with E-state index >= 15 is 0 Å². The lowest BCUT2D eigenvalue weighted by atomic mass is 10.1. The monoisotopic (exact) mass is 302 g/mol. The smallest absolute Gasteiger partial charge is 0.372 e. The summed E-state index contributed by atoms with van der Waals surface area (Å²) in [6.07, 6.45) is 0. The van der Waals surface area contributed by atoms with Crippen molar-refractivity contribution in [3.63, 3.8) is 0 Å². The van der Waals surface area contributed by atoms with Crippen molar-refractivity contribution in [3.8, 4) is 0 Å². The Kier molecular flexibility index (Phi) is 3.47. The van der Waals surface area contributed by atoms with Crippen LogP contribution in [0.4, 0.5) is 0 Å². The summed E-state index contributed by atoms with van der Waals surface area (Å²) < 4.78 is 7.24. The molecule has 5 nitrogen and oxygen atoms in total. The fraction of sp³-hybridized carbons (Fsp3) is 0.200. The lowest BCUT2D eigenvalue weighted by molar-refractivity contribution is 0.0664. The van der Waals surface area contributed by atoms with Crippen molar-refractivity contribution >= 4 is 28.7 Å². The van der Waals surface area contributed by atoms with Crippen LogP contribution in [0.1, 0.15) is 21.8 Å². The first-order valence-electron chi connectivity index (χ1n) is 6.43. The molecule has 0 spiro atoms. The molecule has 2 aromatic heterocycles. The van der Waals surface area contributed by atoms with E-state index in [-0.39, 0.29) is 5.76 Å². The number of aromatic nitrogens is 2. The van der Waals surface area contributed by atoms with Crippen molar-refractivity contribution in [1.29, 1.82) is 0 Å². The topological polar surface area (TPSA) is 68.3 Å². The number of fused-ring (bicyclic) bond motifs is 1. The minimum absolute atomic E-state index is 0.0163. The standard InChI is InChI=1S/C15H14N2O3S/c1-9-7-13(17(2)16-9)21-8-11-10-5-3-4-6-12(10)20-14(11)15(18)19/h3-7H,8H2,1-2H3,(H,18,19). The van der Waals surface area contributed by atoms with Crippen molar-refractivity contribution in [2.45, 2.75) is 17.7 Å². The summed E-state index contributed by atoms with van der Waals surface area (Å²) in [4.78, 5) is 11.4. The summed E-state index contributed by atoms with van der Waals surface area (Å²) >= 11 is 1.55. The van der Waals surface area contributed by atoms with E-state index in [0.29, 0.717) is 16.9 Å². The quantitative estimate of drug-likeness (QED) is 0.747. The van der Waals surface area contributed by atoms with Crippen LogP contribution >= 0.6 is 11.8 Å². The van der Waals surface area contributed by atoms with Crippen molar-refractivity contribution < 1.29 is 14.3 Å². The van der Waals surface area contributed by atoms with Gasteiger partial charge >= 0.3 is 5.97 Å². The first-order valence-corrected chi connectivity index (χ1v) is 7.42. The van der Waals surface area contributed by atoms with Gasteiger partial charge < -0.3 is 9.52 Å². The predicted octanol–water partition coefficient (Wildman–Crippen LogP) is 3.47. The SMILES string of the molecule is Cc1cc(SCc2c(C(=O)O)oc3ccccc23)n(C)n1. The summed E-state index contributed by atoms with van der Waals surface area (Å²) in [7, 11) is 1.88. The fourth-order valence-electron chi connectivity index (χ4n) is 2.28. The zero-order chi connectivity index (χ0) is 15.0. The third kappa shape index (κ3) is 2.54. The van der Waals surface area contributed by atoms with Crippen LogP contribution in [0.25, 0.3) is 11.0 Å². The maximum Gasteiger partial charge on any atom is 0.372 e. The van der Waals surface area contributed by atoms with Gasteiger partial charge in [0.15, 0.2) is 0 Å². The molecule has 0 aliphatic rings. The van der Waals surface area contributed by atoms with Crippen molar-refractivity contribution in [2.75, 3.05) is 0 Å². The summed E-state index contributed by atoms with van der Waals surface area (Å²) in [5, 5.41) is 15.4. The first kappa shape index (κ1) is 13.8. The number of carboxylic acids is 1. The molecule has 108 valence electrons. The van der Waals surface area contributed by atoms with Gasteiger partial charge in [-0.1, -0.05) is 18.2 Å². The number of carbonyl (C=O) groups is 1. The zero-order valence-corrected chi connectivity index (χ0v) is 12.5. The highest BCUT2D eigenvalue weighted by Crippen LogP contribution is 2.32. The highest BCUT2D eigenvalue weighted by Gasteiger charge is 2.20. The Morgan fingerprint density at radius 2 is 2.19 bits per heavy atom. The van der Waals surface area contributed by atoms with Crippen molar-refractivity contribution in [1.82, 2.24) is 9.78 Å². The average Bonchev–Trinajstić information content (AvgIpc) is 2.96. The molecular formula is C15H14N2O3S. The summed E-state index contributed by atoms with van der Waals surface area (Å²) in [6.45, 7) is 1.93. The molecule has 0 aliphatic heterocycles. The molecule has 0 aliphatic carbocycles. The van der Waals surface area contributed by atoms with Gasteiger partial charge in [-0.05, 0) is 19.1 Å². The van der Waals surface area contributed by atoms with Gasteiger partial charge in [-0.2, -0.15) is 5.10 Å². The number of aromatic carboxylic acids is 1. The Morgan fingerprint density at radius 3 is 2.86 bits per heavy atom. The molecule has 21 heavy (non-hydrogen) atoms. The van der Waals surface area contributed by atoms with E-state index in [0.717, 1.165) is 16.1 Å². The Labute approximate surface area is 125 Å². The van der Waals surface area contributed by atoms with Crippen LogP contribution in [0.2, 0.25) is 0 Å². The number of benzene rings is 1. The van der Waals surface area contributed by atoms with Gasteiger partial charge in [0.05, 0.1) is 10.7 Å². The van der Waals surface area contributed by atoms with Gasteiger partial charge in [0, 0.05) is 23.8 Å². The van der Waals surface area contributed by atoms with E-state index in [9.17, 15) is 9.90 Å². The molecule has 3 rings (SSSR count). The van der Waals surface area contributed by atoms with E-state index in [1.54, 1.807) is 22.5 Å². The minimum atomic E-state index is -1.04. The second-order valence-corrected chi connectivity index (χ2v) is 5.74. The van der Waals surface area contributed by atoms with Crippen LogP contribution in [0.5, 0.6) is 0 Å². The maximum absolute atomic E-state index is 11.4. The molecule has 0 bridgehead atoms. The third-order valence-electron chi connectivity index (χ3n) is 3.22. The molecular weight excluding hydrogens is 288 g/mol. The van der Waals surface area contributed by atoms with Gasteiger partial charge in [-0.25, -0.2) is 4.79 Å². The Balaban J connectivity index is 1.97. The number of hydrogen-bond donors (Lipinski definition) is 1. The second kappa shape index (κ2) is 5.29. The molecule has 0 unspecified atom stereocenters. The molecule has 0 radical (unpaired) electrons. The predicted molar refractivity (Wildman–Crippen MR) is 80.7 cm³/mol. The van der Waals surface area contributed by atoms with Crippen molar-refractivity contribution in [2.24, 2.45) is 7.05 Å². The van der Waals surface area contributed by atoms with E-state index in [2.05, 4.69) is 5.10 Å². The van der Waals surface area contributed by atoms with Crippen LogP contribution in [0, 0.1) is 6.92 Å². The lowest BCUT2D eigenvalue weighted by Gasteiger charge is -2.01. The molecule has 0 amide bonds. The number of furan rings is 1. The normalized spacial score (nSPS) is 11.1. The molecule has 0 saturated carbocycles. The van der Waals surface area contributed by atoms with Gasteiger partial charge in [0.25, 0.3) is 0 Å². The van der Waals surface area contributed by atoms with Gasteiger partial charge in [0.2, 0.25) is 5.76 Å². The Morgan fingerprint density at radius 1 is 1.43 bits per heavy atom. The van der Waals surface area contributed by atoms with E-state index < -0.39 is 5.97 Å². The van der Waals surface area contributed by atoms with E-state index in [1.165, 1.54) is 0 Å². The Bertz CT molecular complexity index is 820. The summed E-state index contributed by atoms with van der Waals surface area (Å²) in [5.41, 5.74) is 2.25. The molecule has 2 heterocycles. The summed E-state index contributed by atoms with van der Waals surface area (Å²) in [5.74, 6) is -0.497. The number of carboxylic acid groups (broad SMARTS) is 1. The first-order chi connectivity index (χ1) is 10.1. The fourth-order valence-corrected chi connectivity index (χ4v) is 3.34. The molecule has 0 atom stereocenters. The van der Waals surface area contributed by atoms with Crippen molar-refractivity contribution in [3.05, 3.63) is 47.3 Å². The highest BCUT2D eigenvalue weighted by molar-refractivity contribution is 7.98. The van der Waals surface area contributed by atoms with Gasteiger partial charge in [-0.15, -0.1) is 11.8 Å². The molecule has 6 heteroatoms. The molecule has 3 aromatic rings. The van der Waals surface area contributed by atoms with Crippen LogP contribution in [0.3, 0.4) is 0 Å². The van der Waals surface area contributed by atoms with Gasteiger partial charge in [-0.3, -0.25) is 4.68 Å². The Hall–Kier alpha value is -2.21. The molecule has 0 saturated heterocycles. The number of rotatable bonds is 4. The largest absolute Gasteiger partial charge is 0.475 e. The highest BCUT2D eigenvalue weighted by atomic mass is 32.2. The molecule has 1 aromatic carbocycles. The summed E-state index contributed by atoms with van der Waals surface area (Å²) in [6, 6.07) is 9.36. The third-order valence-corrected chi connectivity index (χ3v) is 4.33. The average molecular weight is 302 g/mol. The number of hydrogen-bond acceptors (Lipinski definition) is 4. The molecule has 1 N–H and O–H groups in total.